The number of nitrogens with two attached hydrogens (primary N) is 1. The zero-order chi connectivity index (χ0) is 15.3. The molecule has 1 aromatic carbocycles. The van der Waals surface area contributed by atoms with Crippen LogP contribution in [0, 0.1) is 5.41 Å². The van der Waals surface area contributed by atoms with E-state index in [1.165, 1.54) is 0 Å². The van der Waals surface area contributed by atoms with Gasteiger partial charge in [-0.3, -0.25) is 4.79 Å². The summed E-state index contributed by atoms with van der Waals surface area (Å²) in [4.78, 5) is 14.5. The third-order valence-electron chi connectivity index (χ3n) is 4.20. The summed E-state index contributed by atoms with van der Waals surface area (Å²) >= 11 is 0. The van der Waals surface area contributed by atoms with Crippen molar-refractivity contribution in [1.29, 1.82) is 0 Å². The molecule has 1 saturated heterocycles. The Kier molecular flexibility index (Phi) is 5.20. The van der Waals surface area contributed by atoms with E-state index in [1.54, 1.807) is 0 Å². The first kappa shape index (κ1) is 15.8. The molecule has 1 aliphatic heterocycles. The predicted octanol–water partition coefficient (Wildman–Crippen LogP) is 1.12. The second-order valence-corrected chi connectivity index (χ2v) is 5.84. The number of carbonyl (C=O) groups excluding carboxylic acids is 1. The molecule has 5 heteroatoms. The Morgan fingerprint density at radius 3 is 2.71 bits per heavy atom. The minimum absolute atomic E-state index is 0.0450. The highest BCUT2D eigenvalue weighted by molar-refractivity contribution is 5.83. The minimum Gasteiger partial charge on any atom is -0.381 e. The van der Waals surface area contributed by atoms with E-state index in [9.17, 15) is 4.79 Å². The maximum atomic E-state index is 12.5. The number of nitrogens with one attached hydrogen (secondary N) is 1. The second kappa shape index (κ2) is 6.91. The Labute approximate surface area is 126 Å². The number of rotatable bonds is 5. The van der Waals surface area contributed by atoms with Crippen LogP contribution < -0.4 is 16.0 Å². The molecule has 21 heavy (non-hydrogen) atoms. The predicted molar refractivity (Wildman–Crippen MR) is 84.2 cm³/mol. The molecule has 5 nitrogen and oxygen atoms in total. The van der Waals surface area contributed by atoms with Gasteiger partial charge in [-0.25, -0.2) is 0 Å². The molecule has 0 bridgehead atoms. The van der Waals surface area contributed by atoms with E-state index in [0.717, 1.165) is 11.3 Å². The van der Waals surface area contributed by atoms with Crippen LogP contribution >= 0.6 is 0 Å². The lowest BCUT2D eigenvalue weighted by atomic mass is 9.79. The third-order valence-corrected chi connectivity index (χ3v) is 4.20. The highest BCUT2D eigenvalue weighted by atomic mass is 16.5. The van der Waals surface area contributed by atoms with Crippen LogP contribution in [0.15, 0.2) is 24.3 Å². The van der Waals surface area contributed by atoms with Crippen LogP contribution in [-0.4, -0.2) is 39.8 Å². The number of anilines is 1. The van der Waals surface area contributed by atoms with Gasteiger partial charge in [0.2, 0.25) is 5.91 Å². The normalized spacial score (nSPS) is 17.3. The summed E-state index contributed by atoms with van der Waals surface area (Å²) in [5.41, 5.74) is 7.61. The molecule has 1 amide bonds. The largest absolute Gasteiger partial charge is 0.381 e. The summed E-state index contributed by atoms with van der Waals surface area (Å²) in [6.45, 7) is 2.13. The summed E-state index contributed by atoms with van der Waals surface area (Å²) in [5, 5.41) is 3.03. The van der Waals surface area contributed by atoms with E-state index >= 15 is 0 Å². The highest BCUT2D eigenvalue weighted by Crippen LogP contribution is 2.29. The third kappa shape index (κ3) is 3.74. The number of ether oxygens (including phenoxy) is 1. The first-order valence-electron chi connectivity index (χ1n) is 7.40. The quantitative estimate of drug-likeness (QED) is 0.853. The Morgan fingerprint density at radius 1 is 1.38 bits per heavy atom. The van der Waals surface area contributed by atoms with E-state index < -0.39 is 5.41 Å². The molecular weight excluding hydrogens is 266 g/mol. The molecule has 0 radical (unpaired) electrons. The van der Waals surface area contributed by atoms with Crippen molar-refractivity contribution in [1.82, 2.24) is 5.32 Å². The van der Waals surface area contributed by atoms with Crippen molar-refractivity contribution in [3.63, 3.8) is 0 Å². The van der Waals surface area contributed by atoms with Crippen LogP contribution in [0.25, 0.3) is 0 Å². The molecule has 0 aromatic heterocycles. The molecule has 1 heterocycles. The SMILES string of the molecule is CN(C)c1cccc(CNC(=O)C2(CN)CCOCC2)c1. The lowest BCUT2D eigenvalue weighted by Gasteiger charge is -2.34. The van der Waals surface area contributed by atoms with Gasteiger partial charge in [0.15, 0.2) is 0 Å². The number of carbonyl (C=O) groups is 1. The fourth-order valence-corrected chi connectivity index (χ4v) is 2.60. The van der Waals surface area contributed by atoms with Gasteiger partial charge in [-0.1, -0.05) is 12.1 Å². The molecule has 0 spiro atoms. The average Bonchev–Trinajstić information content (AvgIpc) is 2.53. The van der Waals surface area contributed by atoms with Gasteiger partial charge in [-0.05, 0) is 30.5 Å². The number of hydrogen-bond donors (Lipinski definition) is 2. The standard InChI is InChI=1S/C16H25N3O2/c1-19(2)14-5-3-4-13(10-14)11-18-15(20)16(12-17)6-8-21-9-7-16/h3-5,10H,6-9,11-12,17H2,1-2H3,(H,18,20). The molecule has 2 rings (SSSR count). The zero-order valence-corrected chi connectivity index (χ0v) is 12.9. The highest BCUT2D eigenvalue weighted by Gasteiger charge is 2.38. The molecule has 1 aromatic rings. The van der Waals surface area contributed by atoms with Crippen LogP contribution in [0.4, 0.5) is 5.69 Å². The summed E-state index contributed by atoms with van der Waals surface area (Å²) in [6, 6.07) is 8.15. The van der Waals surface area contributed by atoms with Crippen LogP contribution in [-0.2, 0) is 16.1 Å². The minimum atomic E-state index is -0.461. The first-order chi connectivity index (χ1) is 10.1. The molecule has 0 atom stereocenters. The van der Waals surface area contributed by atoms with Crippen molar-refractivity contribution in [2.45, 2.75) is 19.4 Å². The molecule has 0 unspecified atom stereocenters. The van der Waals surface area contributed by atoms with Crippen molar-refractivity contribution in [2.75, 3.05) is 38.8 Å². The van der Waals surface area contributed by atoms with E-state index in [1.807, 2.05) is 37.2 Å². The molecule has 0 saturated carbocycles. The van der Waals surface area contributed by atoms with Gasteiger partial charge in [-0.2, -0.15) is 0 Å². The number of nitrogens with zero attached hydrogens (tertiary/aromatic N) is 1. The van der Waals surface area contributed by atoms with E-state index in [0.29, 0.717) is 39.1 Å². The lowest BCUT2D eigenvalue weighted by Crippen LogP contribution is -2.48. The molecule has 0 aliphatic carbocycles. The van der Waals surface area contributed by atoms with Crippen molar-refractivity contribution in [3.8, 4) is 0 Å². The van der Waals surface area contributed by atoms with Crippen molar-refractivity contribution in [2.24, 2.45) is 11.1 Å². The van der Waals surface area contributed by atoms with Gasteiger partial charge < -0.3 is 20.7 Å². The Hall–Kier alpha value is -1.59. The van der Waals surface area contributed by atoms with Gasteiger partial charge in [-0.15, -0.1) is 0 Å². The Morgan fingerprint density at radius 2 is 2.10 bits per heavy atom. The van der Waals surface area contributed by atoms with Crippen LogP contribution in [0.1, 0.15) is 18.4 Å². The van der Waals surface area contributed by atoms with E-state index in [2.05, 4.69) is 11.4 Å². The van der Waals surface area contributed by atoms with Crippen molar-refractivity contribution < 1.29 is 9.53 Å². The number of hydrogen-bond acceptors (Lipinski definition) is 4. The molecule has 116 valence electrons. The van der Waals surface area contributed by atoms with Gasteiger partial charge in [0.1, 0.15) is 0 Å². The number of amides is 1. The van der Waals surface area contributed by atoms with Crippen molar-refractivity contribution >= 4 is 11.6 Å². The Balaban J connectivity index is 1.98. The zero-order valence-electron chi connectivity index (χ0n) is 12.9. The summed E-state index contributed by atoms with van der Waals surface area (Å²) in [7, 11) is 4.01. The smallest absolute Gasteiger partial charge is 0.227 e. The number of benzene rings is 1. The summed E-state index contributed by atoms with van der Waals surface area (Å²) in [5.74, 6) is 0.0450. The molecule has 3 N–H and O–H groups in total. The Bertz CT molecular complexity index is 482. The van der Waals surface area contributed by atoms with Gasteiger partial charge in [0.25, 0.3) is 0 Å². The maximum absolute atomic E-state index is 12.5. The lowest BCUT2D eigenvalue weighted by molar-refractivity contribution is -0.136. The fraction of sp³-hybridized carbons (Fsp3) is 0.562. The van der Waals surface area contributed by atoms with Gasteiger partial charge >= 0.3 is 0 Å². The monoisotopic (exact) mass is 291 g/mol. The molecule has 1 fully saturated rings. The van der Waals surface area contributed by atoms with Crippen LogP contribution in [0.5, 0.6) is 0 Å². The molecule has 1 aliphatic rings. The fourth-order valence-electron chi connectivity index (χ4n) is 2.60. The first-order valence-corrected chi connectivity index (χ1v) is 7.40. The van der Waals surface area contributed by atoms with Crippen LogP contribution in [0.2, 0.25) is 0 Å². The van der Waals surface area contributed by atoms with E-state index in [4.69, 9.17) is 10.5 Å². The summed E-state index contributed by atoms with van der Waals surface area (Å²) < 4.78 is 5.34. The maximum Gasteiger partial charge on any atom is 0.227 e. The van der Waals surface area contributed by atoms with Crippen LogP contribution in [0.3, 0.4) is 0 Å². The van der Waals surface area contributed by atoms with Crippen molar-refractivity contribution in [3.05, 3.63) is 29.8 Å². The topological polar surface area (TPSA) is 67.6 Å². The van der Waals surface area contributed by atoms with Gasteiger partial charge in [0, 0.05) is 46.1 Å². The summed E-state index contributed by atoms with van der Waals surface area (Å²) in [6.07, 6.45) is 1.40. The van der Waals surface area contributed by atoms with Gasteiger partial charge in [0.05, 0.1) is 5.41 Å². The average molecular weight is 291 g/mol. The van der Waals surface area contributed by atoms with E-state index in [-0.39, 0.29) is 5.91 Å². The second-order valence-electron chi connectivity index (χ2n) is 5.84. The molecular formula is C16H25N3O2.